The molecular weight excluding hydrogens is 275 g/mol. The van der Waals surface area contributed by atoms with Crippen molar-refractivity contribution < 1.29 is 9.18 Å². The van der Waals surface area contributed by atoms with Crippen molar-refractivity contribution in [3.63, 3.8) is 0 Å². The van der Waals surface area contributed by atoms with Gasteiger partial charge in [0.05, 0.1) is 16.5 Å². The lowest BCUT2D eigenvalue weighted by molar-refractivity contribution is -0.113. The number of carbonyl (C=O) groups excluding carboxylic acids is 1. The largest absolute Gasteiger partial charge is 0.330 e. The number of amides is 1. The van der Waals surface area contributed by atoms with Crippen LogP contribution in [0.5, 0.6) is 0 Å². The quantitative estimate of drug-likeness (QED) is 0.847. The maximum absolute atomic E-state index is 12.8. The van der Waals surface area contributed by atoms with Crippen LogP contribution in [0.1, 0.15) is 13.3 Å². The molecule has 0 bridgehead atoms. The molecule has 1 amide bonds. The highest BCUT2D eigenvalue weighted by Gasteiger charge is 2.09. The average molecular weight is 291 g/mol. The Bertz CT molecular complexity index is 417. The molecule has 1 unspecified atom stereocenters. The SMILES string of the molecule is CC(CCN)SCC(=O)Nc1ccc(F)cc1Cl. The van der Waals surface area contributed by atoms with Gasteiger partial charge in [0.25, 0.3) is 0 Å². The summed E-state index contributed by atoms with van der Waals surface area (Å²) in [5.74, 6) is -0.254. The number of hydrogen-bond donors (Lipinski definition) is 2. The van der Waals surface area contributed by atoms with Gasteiger partial charge in [0.2, 0.25) is 5.91 Å². The molecule has 0 saturated carbocycles. The van der Waals surface area contributed by atoms with Crippen LogP contribution < -0.4 is 11.1 Å². The summed E-state index contributed by atoms with van der Waals surface area (Å²) in [4.78, 5) is 11.6. The molecule has 0 fully saturated rings. The molecule has 1 rings (SSSR count). The van der Waals surface area contributed by atoms with Gasteiger partial charge >= 0.3 is 0 Å². The summed E-state index contributed by atoms with van der Waals surface area (Å²) in [6.07, 6.45) is 0.870. The molecule has 1 aromatic rings. The van der Waals surface area contributed by atoms with Crippen molar-refractivity contribution in [1.82, 2.24) is 0 Å². The predicted octanol–water partition coefficient (Wildman–Crippen LogP) is 2.89. The lowest BCUT2D eigenvalue weighted by Gasteiger charge is -2.10. The third-order valence-electron chi connectivity index (χ3n) is 2.28. The maximum atomic E-state index is 12.8. The zero-order chi connectivity index (χ0) is 13.5. The van der Waals surface area contributed by atoms with Crippen molar-refractivity contribution in [2.45, 2.75) is 18.6 Å². The van der Waals surface area contributed by atoms with Crippen molar-refractivity contribution in [2.24, 2.45) is 5.73 Å². The normalized spacial score (nSPS) is 12.2. The molecule has 18 heavy (non-hydrogen) atoms. The van der Waals surface area contributed by atoms with Crippen LogP contribution in [0.25, 0.3) is 0 Å². The van der Waals surface area contributed by atoms with E-state index in [2.05, 4.69) is 5.32 Å². The molecule has 0 saturated heterocycles. The summed E-state index contributed by atoms with van der Waals surface area (Å²) in [5, 5.41) is 3.18. The third-order valence-corrected chi connectivity index (χ3v) is 3.82. The standard InChI is InChI=1S/C12H16ClFN2OS/c1-8(4-5-15)18-7-12(17)16-11-3-2-9(14)6-10(11)13/h2-3,6,8H,4-5,7,15H2,1H3,(H,16,17). The monoisotopic (exact) mass is 290 g/mol. The molecular formula is C12H16ClFN2OS. The fourth-order valence-electron chi connectivity index (χ4n) is 1.31. The number of thioether (sulfide) groups is 1. The van der Waals surface area contributed by atoms with Crippen molar-refractivity contribution >= 4 is 35.0 Å². The lowest BCUT2D eigenvalue weighted by Crippen LogP contribution is -2.17. The van der Waals surface area contributed by atoms with Gasteiger partial charge in [-0.05, 0) is 31.2 Å². The van der Waals surface area contributed by atoms with Crippen molar-refractivity contribution in [3.8, 4) is 0 Å². The van der Waals surface area contributed by atoms with Gasteiger partial charge in [-0.3, -0.25) is 4.79 Å². The van der Waals surface area contributed by atoms with Crippen LogP contribution in [0.2, 0.25) is 5.02 Å². The number of nitrogens with two attached hydrogens (primary N) is 1. The molecule has 1 aromatic carbocycles. The summed E-state index contributed by atoms with van der Waals surface area (Å²) in [5.41, 5.74) is 5.85. The van der Waals surface area contributed by atoms with E-state index in [1.165, 1.54) is 30.0 Å². The van der Waals surface area contributed by atoms with Gasteiger partial charge in [-0.2, -0.15) is 0 Å². The van der Waals surface area contributed by atoms with Gasteiger partial charge in [0.1, 0.15) is 5.82 Å². The molecule has 1 atom stereocenters. The number of carbonyl (C=O) groups is 1. The molecule has 0 radical (unpaired) electrons. The number of rotatable bonds is 6. The second kappa shape index (κ2) is 7.61. The van der Waals surface area contributed by atoms with Crippen LogP contribution in [0.3, 0.4) is 0 Å². The van der Waals surface area contributed by atoms with Gasteiger partial charge in [-0.15, -0.1) is 11.8 Å². The Labute approximate surface area is 115 Å². The summed E-state index contributed by atoms with van der Waals surface area (Å²) in [6.45, 7) is 2.63. The van der Waals surface area contributed by atoms with E-state index in [-0.39, 0.29) is 10.9 Å². The molecule has 100 valence electrons. The number of hydrogen-bond acceptors (Lipinski definition) is 3. The van der Waals surface area contributed by atoms with Crippen LogP contribution in [-0.2, 0) is 4.79 Å². The van der Waals surface area contributed by atoms with Gasteiger partial charge in [0, 0.05) is 5.25 Å². The summed E-state index contributed by atoms with van der Waals surface area (Å²) in [7, 11) is 0. The van der Waals surface area contributed by atoms with E-state index >= 15 is 0 Å². The predicted molar refractivity (Wildman–Crippen MR) is 75.6 cm³/mol. The Morgan fingerprint density at radius 2 is 2.33 bits per heavy atom. The van der Waals surface area contributed by atoms with Gasteiger partial charge in [-0.25, -0.2) is 4.39 Å². The van der Waals surface area contributed by atoms with Gasteiger partial charge < -0.3 is 11.1 Å². The van der Waals surface area contributed by atoms with E-state index in [0.717, 1.165) is 6.42 Å². The second-order valence-electron chi connectivity index (χ2n) is 3.87. The van der Waals surface area contributed by atoms with Gasteiger partial charge in [-0.1, -0.05) is 18.5 Å². The first kappa shape index (κ1) is 15.3. The molecule has 0 aromatic heterocycles. The molecule has 0 aliphatic heterocycles. The van der Waals surface area contributed by atoms with E-state index in [1.807, 2.05) is 6.92 Å². The van der Waals surface area contributed by atoms with E-state index in [1.54, 1.807) is 0 Å². The molecule has 0 spiro atoms. The summed E-state index contributed by atoms with van der Waals surface area (Å²) >= 11 is 7.34. The maximum Gasteiger partial charge on any atom is 0.234 e. The van der Waals surface area contributed by atoms with Crippen LogP contribution >= 0.6 is 23.4 Å². The number of halogens is 2. The van der Waals surface area contributed by atoms with Crippen LogP contribution in [0.15, 0.2) is 18.2 Å². The Hall–Kier alpha value is -0.780. The van der Waals surface area contributed by atoms with E-state index < -0.39 is 5.82 Å². The number of benzene rings is 1. The molecule has 0 heterocycles. The topological polar surface area (TPSA) is 55.1 Å². The highest BCUT2D eigenvalue weighted by atomic mass is 35.5. The fourth-order valence-corrected chi connectivity index (χ4v) is 2.34. The second-order valence-corrected chi connectivity index (χ2v) is 5.71. The highest BCUT2D eigenvalue weighted by molar-refractivity contribution is 8.00. The van der Waals surface area contributed by atoms with E-state index in [4.69, 9.17) is 17.3 Å². The lowest BCUT2D eigenvalue weighted by atomic mass is 10.3. The first-order chi connectivity index (χ1) is 8.52. The molecule has 0 aliphatic carbocycles. The highest BCUT2D eigenvalue weighted by Crippen LogP contribution is 2.23. The average Bonchev–Trinajstić information content (AvgIpc) is 2.31. The van der Waals surface area contributed by atoms with Crippen molar-refractivity contribution in [2.75, 3.05) is 17.6 Å². The zero-order valence-corrected chi connectivity index (χ0v) is 11.7. The first-order valence-corrected chi connectivity index (χ1v) is 7.02. The molecule has 0 aliphatic rings. The van der Waals surface area contributed by atoms with E-state index in [9.17, 15) is 9.18 Å². The third kappa shape index (κ3) is 5.25. The molecule has 3 nitrogen and oxygen atoms in total. The zero-order valence-electron chi connectivity index (χ0n) is 10.1. The van der Waals surface area contributed by atoms with Gasteiger partial charge in [0.15, 0.2) is 0 Å². The molecule has 6 heteroatoms. The summed E-state index contributed by atoms with van der Waals surface area (Å²) < 4.78 is 12.8. The Morgan fingerprint density at radius 1 is 1.61 bits per heavy atom. The van der Waals surface area contributed by atoms with Crippen LogP contribution in [0, 0.1) is 5.82 Å². The minimum Gasteiger partial charge on any atom is -0.330 e. The minimum atomic E-state index is -0.427. The smallest absolute Gasteiger partial charge is 0.234 e. The number of anilines is 1. The van der Waals surface area contributed by atoms with Crippen molar-refractivity contribution in [1.29, 1.82) is 0 Å². The van der Waals surface area contributed by atoms with Crippen molar-refractivity contribution in [3.05, 3.63) is 29.0 Å². The summed E-state index contributed by atoms with van der Waals surface area (Å²) in [6, 6.07) is 3.87. The van der Waals surface area contributed by atoms with Crippen LogP contribution in [0.4, 0.5) is 10.1 Å². The van der Waals surface area contributed by atoms with Crippen LogP contribution in [-0.4, -0.2) is 23.5 Å². The van der Waals surface area contributed by atoms with E-state index in [0.29, 0.717) is 23.2 Å². The fraction of sp³-hybridized carbons (Fsp3) is 0.417. The first-order valence-electron chi connectivity index (χ1n) is 5.59. The molecule has 3 N–H and O–H groups in total. The Morgan fingerprint density at radius 3 is 2.94 bits per heavy atom. The Kier molecular flexibility index (Phi) is 6.46. The minimum absolute atomic E-state index is 0.155. The number of nitrogens with one attached hydrogen (secondary N) is 1. The Balaban J connectivity index is 2.44.